The van der Waals surface area contributed by atoms with Gasteiger partial charge < -0.3 is 14.8 Å². The Morgan fingerprint density at radius 1 is 1.33 bits per heavy atom. The van der Waals surface area contributed by atoms with Crippen molar-refractivity contribution >= 4 is 5.91 Å². The Morgan fingerprint density at radius 2 is 2.08 bits per heavy atom. The van der Waals surface area contributed by atoms with Crippen molar-refractivity contribution in [1.29, 1.82) is 0 Å². The van der Waals surface area contributed by atoms with Crippen molar-refractivity contribution in [2.75, 3.05) is 46.0 Å². The molecule has 134 valence electrons. The molecule has 1 aromatic rings. The number of carbonyl (C=O) groups excluding carboxylic acids is 1. The number of para-hydroxylation sites is 1. The average Bonchev–Trinajstić information content (AvgIpc) is 2.60. The van der Waals surface area contributed by atoms with Crippen LogP contribution >= 0.6 is 0 Å². The normalized spacial score (nSPS) is 16.6. The SMILES string of the molecule is CCOc1ccccc1CCC(=O)NC[C@H](C)CN1CCOCC1. The van der Waals surface area contributed by atoms with Gasteiger partial charge >= 0.3 is 0 Å². The number of carbonyl (C=O) groups is 1. The van der Waals surface area contributed by atoms with Gasteiger partial charge in [0.05, 0.1) is 19.8 Å². The standard InChI is InChI=1S/C19H30N2O3/c1-3-24-18-7-5-4-6-17(18)8-9-19(22)20-14-16(2)15-21-10-12-23-13-11-21/h4-7,16H,3,8-15H2,1-2H3,(H,20,22)/t16-/m0/s1. The number of ether oxygens (including phenoxy) is 2. The highest BCUT2D eigenvalue weighted by atomic mass is 16.5. The molecule has 2 rings (SSSR count). The number of hydrogen-bond acceptors (Lipinski definition) is 4. The summed E-state index contributed by atoms with van der Waals surface area (Å²) >= 11 is 0. The van der Waals surface area contributed by atoms with Gasteiger partial charge in [-0.3, -0.25) is 9.69 Å². The van der Waals surface area contributed by atoms with E-state index in [0.717, 1.165) is 50.7 Å². The van der Waals surface area contributed by atoms with E-state index in [1.54, 1.807) is 0 Å². The molecule has 1 heterocycles. The first-order valence-corrected chi connectivity index (χ1v) is 8.96. The molecule has 1 atom stereocenters. The van der Waals surface area contributed by atoms with Crippen LogP contribution in [-0.4, -0.2) is 56.8 Å². The van der Waals surface area contributed by atoms with Crippen molar-refractivity contribution in [3.8, 4) is 5.75 Å². The van der Waals surface area contributed by atoms with Crippen molar-refractivity contribution in [3.63, 3.8) is 0 Å². The Labute approximate surface area is 145 Å². The first-order chi connectivity index (χ1) is 11.7. The minimum absolute atomic E-state index is 0.107. The first kappa shape index (κ1) is 18.7. The maximum absolute atomic E-state index is 12.1. The van der Waals surface area contributed by atoms with Gasteiger partial charge in [0.15, 0.2) is 0 Å². The Bertz CT molecular complexity index is 501. The van der Waals surface area contributed by atoms with Crippen molar-refractivity contribution in [2.45, 2.75) is 26.7 Å². The third-order valence-electron chi connectivity index (χ3n) is 4.22. The van der Waals surface area contributed by atoms with E-state index in [-0.39, 0.29) is 5.91 Å². The van der Waals surface area contributed by atoms with Crippen LogP contribution in [0.2, 0.25) is 0 Å². The third-order valence-corrected chi connectivity index (χ3v) is 4.22. The lowest BCUT2D eigenvalue weighted by Crippen LogP contribution is -2.41. The molecule has 1 amide bonds. The highest BCUT2D eigenvalue weighted by Crippen LogP contribution is 2.19. The number of rotatable bonds is 9. The summed E-state index contributed by atoms with van der Waals surface area (Å²) in [4.78, 5) is 14.5. The molecule has 0 unspecified atom stereocenters. The lowest BCUT2D eigenvalue weighted by Gasteiger charge is -2.29. The van der Waals surface area contributed by atoms with Gasteiger partial charge in [-0.25, -0.2) is 0 Å². The summed E-state index contributed by atoms with van der Waals surface area (Å²) in [7, 11) is 0. The zero-order chi connectivity index (χ0) is 17.2. The van der Waals surface area contributed by atoms with Gasteiger partial charge in [-0.05, 0) is 30.9 Å². The fourth-order valence-corrected chi connectivity index (χ4v) is 2.92. The smallest absolute Gasteiger partial charge is 0.220 e. The molecule has 5 nitrogen and oxygen atoms in total. The predicted octanol–water partition coefficient (Wildman–Crippen LogP) is 2.10. The molecule has 0 aromatic heterocycles. The molecule has 1 saturated heterocycles. The van der Waals surface area contributed by atoms with E-state index in [1.165, 1.54) is 0 Å². The monoisotopic (exact) mass is 334 g/mol. The molecule has 0 spiro atoms. The van der Waals surface area contributed by atoms with Crippen molar-refractivity contribution < 1.29 is 14.3 Å². The molecule has 1 fully saturated rings. The highest BCUT2D eigenvalue weighted by molar-refractivity contribution is 5.76. The summed E-state index contributed by atoms with van der Waals surface area (Å²) in [5, 5.41) is 3.06. The lowest BCUT2D eigenvalue weighted by atomic mass is 10.1. The van der Waals surface area contributed by atoms with E-state index >= 15 is 0 Å². The molecule has 0 aliphatic carbocycles. The summed E-state index contributed by atoms with van der Waals surface area (Å²) < 4.78 is 11.0. The summed E-state index contributed by atoms with van der Waals surface area (Å²) in [6.45, 7) is 10.2. The van der Waals surface area contributed by atoms with Crippen molar-refractivity contribution in [3.05, 3.63) is 29.8 Å². The first-order valence-electron chi connectivity index (χ1n) is 8.96. The number of aryl methyl sites for hydroxylation is 1. The van der Waals surface area contributed by atoms with E-state index in [0.29, 0.717) is 25.4 Å². The van der Waals surface area contributed by atoms with E-state index in [9.17, 15) is 4.79 Å². The number of morpholine rings is 1. The second kappa shape index (κ2) is 10.3. The minimum atomic E-state index is 0.107. The van der Waals surface area contributed by atoms with Gasteiger partial charge in [0.25, 0.3) is 0 Å². The maximum Gasteiger partial charge on any atom is 0.220 e. The largest absolute Gasteiger partial charge is 0.494 e. The van der Waals surface area contributed by atoms with Crippen molar-refractivity contribution in [1.82, 2.24) is 10.2 Å². The zero-order valence-electron chi connectivity index (χ0n) is 14.9. The Balaban J connectivity index is 1.67. The number of nitrogens with one attached hydrogen (secondary N) is 1. The quantitative estimate of drug-likeness (QED) is 0.751. The van der Waals surface area contributed by atoms with Crippen LogP contribution in [0.1, 0.15) is 25.8 Å². The molecule has 1 aliphatic rings. The molecule has 0 bridgehead atoms. The van der Waals surface area contributed by atoms with Gasteiger partial charge in [0.1, 0.15) is 5.75 Å². The second-order valence-corrected chi connectivity index (χ2v) is 6.36. The highest BCUT2D eigenvalue weighted by Gasteiger charge is 2.14. The molecule has 1 aromatic carbocycles. The predicted molar refractivity (Wildman–Crippen MR) is 95.4 cm³/mol. The fourth-order valence-electron chi connectivity index (χ4n) is 2.92. The van der Waals surface area contributed by atoms with Crippen LogP contribution < -0.4 is 10.1 Å². The maximum atomic E-state index is 12.1. The Kier molecular flexibility index (Phi) is 8.05. The third kappa shape index (κ3) is 6.49. The van der Waals surface area contributed by atoms with E-state index in [1.807, 2.05) is 31.2 Å². The summed E-state index contributed by atoms with van der Waals surface area (Å²) in [5.74, 6) is 1.44. The Morgan fingerprint density at radius 3 is 2.83 bits per heavy atom. The van der Waals surface area contributed by atoms with E-state index in [2.05, 4.69) is 17.1 Å². The number of benzene rings is 1. The Hall–Kier alpha value is -1.59. The van der Waals surface area contributed by atoms with Gasteiger partial charge in [-0.15, -0.1) is 0 Å². The minimum Gasteiger partial charge on any atom is -0.494 e. The van der Waals surface area contributed by atoms with Crippen LogP contribution in [0.25, 0.3) is 0 Å². The average molecular weight is 334 g/mol. The molecule has 0 radical (unpaired) electrons. The van der Waals surface area contributed by atoms with Crippen LogP contribution in [0.15, 0.2) is 24.3 Å². The molecular weight excluding hydrogens is 304 g/mol. The molecular formula is C19H30N2O3. The molecule has 0 saturated carbocycles. The molecule has 5 heteroatoms. The van der Waals surface area contributed by atoms with E-state index in [4.69, 9.17) is 9.47 Å². The summed E-state index contributed by atoms with van der Waals surface area (Å²) in [6, 6.07) is 7.93. The van der Waals surface area contributed by atoms with Crippen LogP contribution in [0.3, 0.4) is 0 Å². The second-order valence-electron chi connectivity index (χ2n) is 6.36. The lowest BCUT2D eigenvalue weighted by molar-refractivity contribution is -0.121. The van der Waals surface area contributed by atoms with E-state index < -0.39 is 0 Å². The van der Waals surface area contributed by atoms with Gasteiger partial charge in [0, 0.05) is 32.6 Å². The molecule has 24 heavy (non-hydrogen) atoms. The fraction of sp³-hybridized carbons (Fsp3) is 0.632. The van der Waals surface area contributed by atoms with Crippen LogP contribution in [0, 0.1) is 5.92 Å². The van der Waals surface area contributed by atoms with Gasteiger partial charge in [-0.1, -0.05) is 25.1 Å². The van der Waals surface area contributed by atoms with Gasteiger partial charge in [0.2, 0.25) is 5.91 Å². The molecule has 1 aliphatic heterocycles. The van der Waals surface area contributed by atoms with Gasteiger partial charge in [-0.2, -0.15) is 0 Å². The number of hydrogen-bond donors (Lipinski definition) is 1. The number of amides is 1. The van der Waals surface area contributed by atoms with Crippen LogP contribution in [0.4, 0.5) is 0 Å². The topological polar surface area (TPSA) is 50.8 Å². The number of nitrogens with zero attached hydrogens (tertiary/aromatic N) is 1. The van der Waals surface area contributed by atoms with Crippen molar-refractivity contribution in [2.24, 2.45) is 5.92 Å². The summed E-state index contributed by atoms with van der Waals surface area (Å²) in [5.41, 5.74) is 1.09. The zero-order valence-corrected chi connectivity index (χ0v) is 14.9. The van der Waals surface area contributed by atoms with Crippen LogP contribution in [0.5, 0.6) is 5.75 Å². The summed E-state index contributed by atoms with van der Waals surface area (Å²) in [6.07, 6.45) is 1.20. The molecule has 1 N–H and O–H groups in total. The van der Waals surface area contributed by atoms with Crippen LogP contribution in [-0.2, 0) is 16.0 Å².